The molecule has 2 rings (SSSR count). The summed E-state index contributed by atoms with van der Waals surface area (Å²) in [6.07, 6.45) is 3.66. The van der Waals surface area contributed by atoms with E-state index in [1.54, 1.807) is 30.1 Å². The predicted molar refractivity (Wildman–Crippen MR) is 76.6 cm³/mol. The summed E-state index contributed by atoms with van der Waals surface area (Å²) in [5, 5.41) is 4.13. The van der Waals surface area contributed by atoms with Gasteiger partial charge in [-0.3, -0.25) is 4.68 Å². The fraction of sp³-hybridized carbons (Fsp3) is 0.357. The predicted octanol–water partition coefficient (Wildman–Crippen LogP) is 2.61. The molecule has 19 heavy (non-hydrogen) atoms. The Morgan fingerprint density at radius 3 is 2.68 bits per heavy atom. The van der Waals surface area contributed by atoms with Crippen LogP contribution in [0.25, 0.3) is 0 Å². The summed E-state index contributed by atoms with van der Waals surface area (Å²) in [7, 11) is 1.94. The summed E-state index contributed by atoms with van der Waals surface area (Å²) in [4.78, 5) is 1.05. The highest BCUT2D eigenvalue weighted by Gasteiger charge is 2.06. The van der Waals surface area contributed by atoms with E-state index in [0.29, 0.717) is 0 Å². The molecule has 5 heteroatoms. The molecule has 102 valence electrons. The minimum atomic E-state index is -0.204. The minimum Gasteiger partial charge on any atom is -0.327 e. The number of halogens is 1. The molecule has 0 aliphatic heterocycles. The van der Waals surface area contributed by atoms with Gasteiger partial charge in [-0.25, -0.2) is 4.39 Å². The Morgan fingerprint density at radius 2 is 2.05 bits per heavy atom. The maximum atomic E-state index is 12.8. The van der Waals surface area contributed by atoms with Crippen molar-refractivity contribution in [3.8, 4) is 0 Å². The van der Waals surface area contributed by atoms with Gasteiger partial charge in [-0.15, -0.1) is 11.8 Å². The van der Waals surface area contributed by atoms with Crippen molar-refractivity contribution in [2.45, 2.75) is 23.8 Å². The van der Waals surface area contributed by atoms with Gasteiger partial charge >= 0.3 is 0 Å². The van der Waals surface area contributed by atoms with E-state index >= 15 is 0 Å². The quantitative estimate of drug-likeness (QED) is 0.827. The van der Waals surface area contributed by atoms with E-state index in [2.05, 4.69) is 5.10 Å². The Bertz CT molecular complexity index is 510. The first-order valence-electron chi connectivity index (χ1n) is 6.26. The molecule has 0 fully saturated rings. The number of thioether (sulfide) groups is 1. The van der Waals surface area contributed by atoms with E-state index in [9.17, 15) is 4.39 Å². The van der Waals surface area contributed by atoms with Gasteiger partial charge in [-0.05, 0) is 43.2 Å². The molecule has 1 unspecified atom stereocenters. The molecule has 0 amide bonds. The number of benzene rings is 1. The zero-order valence-electron chi connectivity index (χ0n) is 10.9. The van der Waals surface area contributed by atoms with E-state index in [4.69, 9.17) is 5.73 Å². The molecule has 1 aromatic carbocycles. The summed E-state index contributed by atoms with van der Waals surface area (Å²) in [5.41, 5.74) is 7.29. The molecule has 0 spiro atoms. The highest BCUT2D eigenvalue weighted by Crippen LogP contribution is 2.19. The highest BCUT2D eigenvalue weighted by molar-refractivity contribution is 7.99. The largest absolute Gasteiger partial charge is 0.327 e. The number of aromatic nitrogens is 2. The SMILES string of the molecule is Cn1nccc1CCC(N)CSc1ccc(F)cc1. The van der Waals surface area contributed by atoms with Crippen LogP contribution >= 0.6 is 11.8 Å². The Labute approximate surface area is 117 Å². The second-order valence-electron chi connectivity index (χ2n) is 4.51. The average molecular weight is 279 g/mol. The Balaban J connectivity index is 1.74. The van der Waals surface area contributed by atoms with Gasteiger partial charge < -0.3 is 5.73 Å². The summed E-state index contributed by atoms with van der Waals surface area (Å²) in [6.45, 7) is 0. The molecule has 1 aromatic heterocycles. The van der Waals surface area contributed by atoms with E-state index in [-0.39, 0.29) is 11.9 Å². The van der Waals surface area contributed by atoms with Crippen LogP contribution in [0.1, 0.15) is 12.1 Å². The monoisotopic (exact) mass is 279 g/mol. The fourth-order valence-corrected chi connectivity index (χ4v) is 2.70. The second-order valence-corrected chi connectivity index (χ2v) is 5.60. The van der Waals surface area contributed by atoms with E-state index in [1.807, 2.05) is 17.8 Å². The average Bonchev–Trinajstić information content (AvgIpc) is 2.81. The van der Waals surface area contributed by atoms with Crippen LogP contribution in [0.3, 0.4) is 0 Å². The van der Waals surface area contributed by atoms with Crippen LogP contribution in [-0.4, -0.2) is 21.6 Å². The van der Waals surface area contributed by atoms with E-state index in [0.717, 1.165) is 23.5 Å². The third kappa shape index (κ3) is 4.36. The molecule has 0 saturated carbocycles. The van der Waals surface area contributed by atoms with Crippen molar-refractivity contribution in [2.75, 3.05) is 5.75 Å². The standard InChI is InChI=1S/C14H18FN3S/c1-18-13(8-9-17-18)5-4-12(16)10-19-14-6-2-11(15)3-7-14/h2-3,6-9,12H,4-5,10,16H2,1H3. The van der Waals surface area contributed by atoms with Gasteiger partial charge in [0.2, 0.25) is 0 Å². The van der Waals surface area contributed by atoms with Gasteiger partial charge in [0, 0.05) is 35.6 Å². The molecule has 0 aliphatic carbocycles. The van der Waals surface area contributed by atoms with Crippen molar-refractivity contribution >= 4 is 11.8 Å². The van der Waals surface area contributed by atoms with Gasteiger partial charge in [0.15, 0.2) is 0 Å². The number of rotatable bonds is 6. The lowest BCUT2D eigenvalue weighted by molar-refractivity contribution is 0.626. The number of nitrogens with zero attached hydrogens (tertiary/aromatic N) is 2. The molecule has 0 bridgehead atoms. The molecule has 0 aliphatic rings. The Kier molecular flexibility index (Phi) is 4.99. The van der Waals surface area contributed by atoms with Crippen LogP contribution in [0.4, 0.5) is 4.39 Å². The summed E-state index contributed by atoms with van der Waals surface area (Å²) in [5.74, 6) is 0.633. The molecule has 3 nitrogen and oxygen atoms in total. The third-order valence-corrected chi connectivity index (χ3v) is 4.17. The van der Waals surface area contributed by atoms with Crippen molar-refractivity contribution in [3.63, 3.8) is 0 Å². The first kappa shape index (κ1) is 14.1. The first-order valence-corrected chi connectivity index (χ1v) is 7.24. The van der Waals surface area contributed by atoms with Gasteiger partial charge in [0.05, 0.1) is 0 Å². The zero-order chi connectivity index (χ0) is 13.7. The first-order chi connectivity index (χ1) is 9.15. The molecular weight excluding hydrogens is 261 g/mol. The third-order valence-electron chi connectivity index (χ3n) is 2.97. The second kappa shape index (κ2) is 6.73. The lowest BCUT2D eigenvalue weighted by Gasteiger charge is -2.11. The van der Waals surface area contributed by atoms with Gasteiger partial charge in [0.1, 0.15) is 5.82 Å². The maximum Gasteiger partial charge on any atom is 0.123 e. The van der Waals surface area contributed by atoms with Crippen LogP contribution in [0.15, 0.2) is 41.4 Å². The van der Waals surface area contributed by atoms with Crippen molar-refractivity contribution in [1.82, 2.24) is 9.78 Å². The summed E-state index contributed by atoms with van der Waals surface area (Å²) in [6, 6.07) is 8.67. The molecule has 1 heterocycles. The lowest BCUT2D eigenvalue weighted by atomic mass is 10.1. The number of hydrogen-bond acceptors (Lipinski definition) is 3. The Hall–Kier alpha value is -1.33. The highest BCUT2D eigenvalue weighted by atomic mass is 32.2. The number of hydrogen-bond donors (Lipinski definition) is 1. The summed E-state index contributed by atoms with van der Waals surface area (Å²) < 4.78 is 14.6. The van der Waals surface area contributed by atoms with Crippen molar-refractivity contribution in [1.29, 1.82) is 0 Å². The van der Waals surface area contributed by atoms with Crippen molar-refractivity contribution in [3.05, 3.63) is 48.0 Å². The van der Waals surface area contributed by atoms with Crippen LogP contribution in [0.2, 0.25) is 0 Å². The van der Waals surface area contributed by atoms with Crippen LogP contribution in [0, 0.1) is 5.82 Å². The molecule has 1 atom stereocenters. The van der Waals surface area contributed by atoms with E-state index in [1.165, 1.54) is 17.8 Å². The lowest BCUT2D eigenvalue weighted by Crippen LogP contribution is -2.23. The van der Waals surface area contributed by atoms with Crippen LogP contribution in [0.5, 0.6) is 0 Å². The van der Waals surface area contributed by atoms with Crippen molar-refractivity contribution in [2.24, 2.45) is 12.8 Å². The van der Waals surface area contributed by atoms with Crippen LogP contribution in [-0.2, 0) is 13.5 Å². The van der Waals surface area contributed by atoms with Gasteiger partial charge in [-0.2, -0.15) is 5.10 Å². The zero-order valence-corrected chi connectivity index (χ0v) is 11.7. The van der Waals surface area contributed by atoms with Crippen LogP contribution < -0.4 is 5.73 Å². The maximum absolute atomic E-state index is 12.8. The topological polar surface area (TPSA) is 43.8 Å². The molecular formula is C14H18FN3S. The Morgan fingerprint density at radius 1 is 1.32 bits per heavy atom. The molecule has 0 radical (unpaired) electrons. The normalized spacial score (nSPS) is 12.6. The molecule has 2 N–H and O–H groups in total. The van der Waals surface area contributed by atoms with Gasteiger partial charge in [0.25, 0.3) is 0 Å². The van der Waals surface area contributed by atoms with E-state index < -0.39 is 0 Å². The smallest absolute Gasteiger partial charge is 0.123 e. The fourth-order valence-electron chi connectivity index (χ4n) is 1.80. The van der Waals surface area contributed by atoms with Crippen molar-refractivity contribution < 1.29 is 4.39 Å². The minimum absolute atomic E-state index is 0.130. The molecule has 0 saturated heterocycles. The molecule has 2 aromatic rings. The summed E-state index contributed by atoms with van der Waals surface area (Å²) >= 11 is 1.66. The van der Waals surface area contributed by atoms with Gasteiger partial charge in [-0.1, -0.05) is 0 Å². The number of nitrogens with two attached hydrogens (primary N) is 1. The number of aryl methyl sites for hydroxylation is 2.